The normalized spacial score (nSPS) is 13.1. The smallest absolute Gasteiger partial charge is 0.303 e. The predicted molar refractivity (Wildman–Crippen MR) is 77.0 cm³/mol. The Bertz CT molecular complexity index is 287. The molecule has 112 valence electrons. The third-order valence-electron chi connectivity index (χ3n) is 3.17. The topological polar surface area (TPSA) is 66.4 Å². The monoisotopic (exact) mass is 271 g/mol. The molecule has 0 heterocycles. The van der Waals surface area contributed by atoms with Crippen LogP contribution in [0, 0.1) is 5.41 Å². The van der Waals surface area contributed by atoms with Crippen LogP contribution in [-0.4, -0.2) is 23.0 Å². The highest BCUT2D eigenvalue weighted by molar-refractivity contribution is 5.78. The van der Waals surface area contributed by atoms with Gasteiger partial charge in [-0.2, -0.15) is 0 Å². The van der Waals surface area contributed by atoms with Crippen LogP contribution in [-0.2, 0) is 9.59 Å². The molecule has 0 saturated heterocycles. The molecular formula is C15H29NO3. The number of carboxylic acid groups (broad SMARTS) is 1. The molecule has 0 aromatic rings. The van der Waals surface area contributed by atoms with Crippen molar-refractivity contribution < 1.29 is 14.7 Å². The van der Waals surface area contributed by atoms with Crippen molar-refractivity contribution >= 4 is 11.9 Å². The lowest BCUT2D eigenvalue weighted by Gasteiger charge is -2.23. The predicted octanol–water partition coefficient (Wildman–Crippen LogP) is 3.35. The molecule has 0 radical (unpaired) electrons. The Balaban J connectivity index is 3.92. The van der Waals surface area contributed by atoms with Gasteiger partial charge in [-0.25, -0.2) is 0 Å². The lowest BCUT2D eigenvalue weighted by molar-refractivity contribution is -0.139. The van der Waals surface area contributed by atoms with E-state index in [0.29, 0.717) is 0 Å². The summed E-state index contributed by atoms with van der Waals surface area (Å²) in [5.41, 5.74) is -0.488. The highest BCUT2D eigenvalue weighted by Gasteiger charge is 2.25. The third kappa shape index (κ3) is 10.5. The van der Waals surface area contributed by atoms with Crippen LogP contribution in [0.2, 0.25) is 0 Å². The number of amides is 1. The number of carbonyl (C=O) groups excluding carboxylic acids is 1. The first kappa shape index (κ1) is 17.9. The molecule has 19 heavy (non-hydrogen) atoms. The summed E-state index contributed by atoms with van der Waals surface area (Å²) in [5, 5.41) is 11.7. The zero-order valence-corrected chi connectivity index (χ0v) is 12.8. The van der Waals surface area contributed by atoms with Crippen molar-refractivity contribution in [1.29, 1.82) is 0 Å². The molecule has 0 aromatic carbocycles. The van der Waals surface area contributed by atoms with Crippen LogP contribution in [0.25, 0.3) is 0 Å². The fourth-order valence-corrected chi connectivity index (χ4v) is 2.18. The summed E-state index contributed by atoms with van der Waals surface area (Å²) in [4.78, 5) is 22.5. The first-order chi connectivity index (χ1) is 8.76. The minimum atomic E-state index is -0.856. The van der Waals surface area contributed by atoms with Crippen LogP contribution in [0.5, 0.6) is 0 Å². The SMILES string of the molecule is CCCCCCC(C)NC(=O)CC(C)(C)CC(=O)O. The number of carbonyl (C=O) groups is 2. The van der Waals surface area contributed by atoms with Gasteiger partial charge >= 0.3 is 5.97 Å². The van der Waals surface area contributed by atoms with Gasteiger partial charge in [0.1, 0.15) is 0 Å². The zero-order chi connectivity index (χ0) is 14.9. The molecule has 0 aliphatic rings. The van der Waals surface area contributed by atoms with E-state index in [1.54, 1.807) is 0 Å². The molecule has 0 spiro atoms. The van der Waals surface area contributed by atoms with Gasteiger partial charge in [0, 0.05) is 12.5 Å². The van der Waals surface area contributed by atoms with Gasteiger partial charge in [-0.15, -0.1) is 0 Å². The van der Waals surface area contributed by atoms with Gasteiger partial charge in [0.2, 0.25) is 5.91 Å². The average molecular weight is 271 g/mol. The van der Waals surface area contributed by atoms with E-state index >= 15 is 0 Å². The second-order valence-corrected chi connectivity index (χ2v) is 6.23. The van der Waals surface area contributed by atoms with Crippen LogP contribution >= 0.6 is 0 Å². The van der Waals surface area contributed by atoms with Gasteiger partial charge < -0.3 is 10.4 Å². The molecule has 4 heteroatoms. The molecule has 1 atom stereocenters. The van der Waals surface area contributed by atoms with Crippen LogP contribution in [0.1, 0.15) is 72.6 Å². The summed E-state index contributed by atoms with van der Waals surface area (Å²) in [6, 6.07) is 0.171. The fourth-order valence-electron chi connectivity index (χ4n) is 2.18. The summed E-state index contributed by atoms with van der Waals surface area (Å²) in [6.07, 6.45) is 6.07. The molecule has 2 N–H and O–H groups in total. The second kappa shape index (κ2) is 8.94. The summed E-state index contributed by atoms with van der Waals surface area (Å²) < 4.78 is 0. The van der Waals surface area contributed by atoms with Crippen molar-refractivity contribution in [3.05, 3.63) is 0 Å². The van der Waals surface area contributed by atoms with Gasteiger partial charge in [-0.05, 0) is 18.8 Å². The van der Waals surface area contributed by atoms with E-state index in [9.17, 15) is 9.59 Å². The molecule has 0 bridgehead atoms. The largest absolute Gasteiger partial charge is 0.481 e. The molecule has 0 fully saturated rings. The Hall–Kier alpha value is -1.06. The standard InChI is InChI=1S/C15H29NO3/c1-5-6-7-8-9-12(2)16-13(17)10-15(3,4)11-14(18)19/h12H,5-11H2,1-4H3,(H,16,17)(H,18,19). The number of unbranched alkanes of at least 4 members (excludes halogenated alkanes) is 3. The fraction of sp³-hybridized carbons (Fsp3) is 0.867. The molecular weight excluding hydrogens is 242 g/mol. The van der Waals surface area contributed by atoms with Crippen molar-refractivity contribution in [3.8, 4) is 0 Å². The number of hydrogen-bond donors (Lipinski definition) is 2. The Morgan fingerprint density at radius 1 is 1.16 bits per heavy atom. The quantitative estimate of drug-likeness (QED) is 0.599. The number of carboxylic acids is 1. The number of aliphatic carboxylic acids is 1. The maximum Gasteiger partial charge on any atom is 0.303 e. The molecule has 1 unspecified atom stereocenters. The van der Waals surface area contributed by atoms with Crippen molar-refractivity contribution in [3.63, 3.8) is 0 Å². The van der Waals surface area contributed by atoms with E-state index in [1.807, 2.05) is 20.8 Å². The van der Waals surface area contributed by atoms with Gasteiger partial charge in [0.05, 0.1) is 6.42 Å². The van der Waals surface area contributed by atoms with Crippen LogP contribution < -0.4 is 5.32 Å². The van der Waals surface area contributed by atoms with E-state index in [-0.39, 0.29) is 24.8 Å². The van der Waals surface area contributed by atoms with Gasteiger partial charge in [0.15, 0.2) is 0 Å². The van der Waals surface area contributed by atoms with Crippen molar-refractivity contribution in [1.82, 2.24) is 5.32 Å². The van der Waals surface area contributed by atoms with E-state index in [1.165, 1.54) is 19.3 Å². The van der Waals surface area contributed by atoms with Gasteiger partial charge in [-0.1, -0.05) is 46.5 Å². The molecule has 0 aliphatic carbocycles. The van der Waals surface area contributed by atoms with E-state index in [2.05, 4.69) is 12.2 Å². The molecule has 0 aliphatic heterocycles. The highest BCUT2D eigenvalue weighted by atomic mass is 16.4. The van der Waals surface area contributed by atoms with Crippen LogP contribution in [0.4, 0.5) is 0 Å². The Morgan fingerprint density at radius 2 is 1.79 bits per heavy atom. The Kier molecular flexibility index (Phi) is 8.44. The van der Waals surface area contributed by atoms with E-state index in [4.69, 9.17) is 5.11 Å². The zero-order valence-electron chi connectivity index (χ0n) is 12.8. The van der Waals surface area contributed by atoms with Crippen LogP contribution in [0.3, 0.4) is 0 Å². The first-order valence-corrected chi connectivity index (χ1v) is 7.28. The average Bonchev–Trinajstić information content (AvgIpc) is 2.21. The summed E-state index contributed by atoms with van der Waals surface area (Å²) in [5.74, 6) is -0.903. The summed E-state index contributed by atoms with van der Waals surface area (Å²) in [7, 11) is 0. The lowest BCUT2D eigenvalue weighted by Crippen LogP contribution is -2.35. The minimum Gasteiger partial charge on any atom is -0.481 e. The number of nitrogens with one attached hydrogen (secondary N) is 1. The Morgan fingerprint density at radius 3 is 2.32 bits per heavy atom. The van der Waals surface area contributed by atoms with Crippen molar-refractivity contribution in [2.24, 2.45) is 5.41 Å². The summed E-state index contributed by atoms with van der Waals surface area (Å²) in [6.45, 7) is 7.81. The first-order valence-electron chi connectivity index (χ1n) is 7.28. The van der Waals surface area contributed by atoms with Gasteiger partial charge in [-0.3, -0.25) is 9.59 Å². The van der Waals surface area contributed by atoms with E-state index in [0.717, 1.165) is 12.8 Å². The number of hydrogen-bond acceptors (Lipinski definition) is 2. The third-order valence-corrected chi connectivity index (χ3v) is 3.17. The lowest BCUT2D eigenvalue weighted by atomic mass is 9.85. The number of rotatable bonds is 10. The molecule has 1 amide bonds. The van der Waals surface area contributed by atoms with E-state index < -0.39 is 11.4 Å². The van der Waals surface area contributed by atoms with Crippen molar-refractivity contribution in [2.45, 2.75) is 78.7 Å². The van der Waals surface area contributed by atoms with Crippen molar-refractivity contribution in [2.75, 3.05) is 0 Å². The van der Waals surface area contributed by atoms with Crippen LogP contribution in [0.15, 0.2) is 0 Å². The molecule has 4 nitrogen and oxygen atoms in total. The summed E-state index contributed by atoms with van der Waals surface area (Å²) >= 11 is 0. The Labute approximate surface area is 117 Å². The highest BCUT2D eigenvalue weighted by Crippen LogP contribution is 2.24. The van der Waals surface area contributed by atoms with Gasteiger partial charge in [0.25, 0.3) is 0 Å². The maximum atomic E-state index is 11.8. The minimum absolute atomic E-state index is 0.0191. The maximum absolute atomic E-state index is 11.8. The second-order valence-electron chi connectivity index (χ2n) is 6.23. The molecule has 0 saturated carbocycles. The molecule has 0 aromatic heterocycles. The molecule has 0 rings (SSSR count).